The van der Waals surface area contributed by atoms with Crippen LogP contribution in [0.1, 0.15) is 265 Å². The summed E-state index contributed by atoms with van der Waals surface area (Å²) in [6, 6.07) is -0.920. The summed E-state index contributed by atoms with van der Waals surface area (Å²) in [7, 11) is 1.15. The number of ether oxygens (including phenoxy) is 1. The number of nitrogens with zero attached hydrogens (tertiary/aromatic N) is 1. The fourth-order valence-corrected chi connectivity index (χ4v) is 9.11. The molecule has 0 aromatic carbocycles. The third kappa shape index (κ3) is 54.1. The molecule has 0 saturated heterocycles. The minimum Gasteiger partial charge on any atom is -0.756 e. The van der Waals surface area contributed by atoms with E-state index in [4.69, 9.17) is 13.8 Å². The summed E-state index contributed by atoms with van der Waals surface area (Å²) in [4.78, 5) is 39.9. The van der Waals surface area contributed by atoms with Crippen molar-refractivity contribution in [3.05, 3.63) is 72.9 Å². The van der Waals surface area contributed by atoms with Crippen molar-refractivity contribution in [3.63, 3.8) is 0 Å². The third-order valence-corrected chi connectivity index (χ3v) is 14.1. The second kappa shape index (κ2) is 52.9. The first-order chi connectivity index (χ1) is 35.4. The molecule has 0 fully saturated rings. The maximum absolute atomic E-state index is 13.5. The van der Waals surface area contributed by atoms with E-state index < -0.39 is 26.6 Å². The summed E-state index contributed by atoms with van der Waals surface area (Å²) in [5, 5.41) is 2.99. The lowest BCUT2D eigenvalue weighted by Crippen LogP contribution is -2.47. The molecule has 0 heterocycles. The lowest BCUT2D eigenvalue weighted by Gasteiger charge is -2.30. The number of carbonyl (C=O) groups is 2. The summed E-state index contributed by atoms with van der Waals surface area (Å²) in [6.45, 7) is 6.77. The van der Waals surface area contributed by atoms with Crippen molar-refractivity contribution >= 4 is 19.7 Å². The first kappa shape index (κ1) is 70.5. The molecule has 0 aromatic heterocycles. The Balaban J connectivity index is 5.42. The fraction of sp³-hybridized carbons (Fsp3) is 0.778. The fourth-order valence-electron chi connectivity index (χ4n) is 8.39. The van der Waals surface area contributed by atoms with Gasteiger partial charge in [-0.3, -0.25) is 14.2 Å². The first-order valence-corrected chi connectivity index (χ1v) is 31.7. The molecule has 424 valence electrons. The normalized spacial score (nSPS) is 14.2. The molecule has 3 atom stereocenters. The van der Waals surface area contributed by atoms with Gasteiger partial charge in [-0.25, -0.2) is 0 Å². The highest BCUT2D eigenvalue weighted by Gasteiger charge is 2.27. The summed E-state index contributed by atoms with van der Waals surface area (Å²) < 4.78 is 30.2. The number of carbonyl (C=O) groups excluding carboxylic acids is 2. The minimum atomic E-state index is -4.71. The van der Waals surface area contributed by atoms with Gasteiger partial charge in [0.25, 0.3) is 7.82 Å². The van der Waals surface area contributed by atoms with Crippen LogP contribution in [0.2, 0.25) is 0 Å². The zero-order chi connectivity index (χ0) is 53.6. The smallest absolute Gasteiger partial charge is 0.306 e. The van der Waals surface area contributed by atoms with Crippen molar-refractivity contribution in [1.29, 1.82) is 0 Å². The van der Waals surface area contributed by atoms with Gasteiger partial charge in [0.2, 0.25) is 5.91 Å². The molecule has 1 N–H and O–H groups in total. The minimum absolute atomic E-state index is 0.0350. The summed E-state index contributed by atoms with van der Waals surface area (Å²) in [5.74, 6) is -0.610. The highest BCUT2D eigenvalue weighted by molar-refractivity contribution is 7.45. The van der Waals surface area contributed by atoms with Crippen LogP contribution >= 0.6 is 7.82 Å². The van der Waals surface area contributed by atoms with Crippen LogP contribution in [0.4, 0.5) is 0 Å². The summed E-state index contributed by atoms with van der Waals surface area (Å²) in [5.41, 5.74) is 0. The van der Waals surface area contributed by atoms with Crippen LogP contribution in [0.25, 0.3) is 0 Å². The predicted octanol–water partition coefficient (Wildman–Crippen LogP) is 17.8. The Morgan fingerprint density at radius 1 is 0.479 bits per heavy atom. The number of phosphoric acid groups is 1. The van der Waals surface area contributed by atoms with Gasteiger partial charge in [0.15, 0.2) is 0 Å². The van der Waals surface area contributed by atoms with Gasteiger partial charge in [0.05, 0.1) is 33.8 Å². The Hall–Kier alpha value is -2.55. The SMILES string of the molecule is CCCCC/C=C\C/C=C\C/C=C\C/C=C\CCCC(=O)NC(COP(=O)([O-])OCC[N+](C)(C)C)C(/C=C/CCCCCCCCCCCCC)OC(=O)CCCCCCCCC/C=C/CCCCCCCC. The number of allylic oxidation sites excluding steroid dienone is 11. The molecule has 0 aliphatic heterocycles. The van der Waals surface area contributed by atoms with Crippen LogP contribution in [0.5, 0.6) is 0 Å². The zero-order valence-corrected chi connectivity index (χ0v) is 49.2. The number of nitrogens with one attached hydrogen (secondary N) is 1. The highest BCUT2D eigenvalue weighted by Crippen LogP contribution is 2.38. The van der Waals surface area contributed by atoms with Crippen LogP contribution in [-0.2, 0) is 27.9 Å². The number of unbranched alkanes of at least 4 members (excludes halogenated alkanes) is 28. The molecule has 0 radical (unpaired) electrons. The van der Waals surface area contributed by atoms with Crippen molar-refractivity contribution in [1.82, 2.24) is 5.32 Å². The van der Waals surface area contributed by atoms with Gasteiger partial charge in [-0.15, -0.1) is 0 Å². The maximum atomic E-state index is 13.5. The van der Waals surface area contributed by atoms with E-state index in [9.17, 15) is 19.0 Å². The molecule has 0 bridgehead atoms. The Bertz CT molecular complexity index is 1480. The lowest BCUT2D eigenvalue weighted by molar-refractivity contribution is -0.870. The van der Waals surface area contributed by atoms with Gasteiger partial charge in [0.1, 0.15) is 19.3 Å². The van der Waals surface area contributed by atoms with E-state index in [1.165, 1.54) is 148 Å². The van der Waals surface area contributed by atoms with Gasteiger partial charge in [-0.1, -0.05) is 229 Å². The van der Waals surface area contributed by atoms with Gasteiger partial charge in [-0.2, -0.15) is 0 Å². The van der Waals surface area contributed by atoms with Gasteiger partial charge in [0, 0.05) is 12.8 Å². The number of esters is 1. The van der Waals surface area contributed by atoms with Crippen LogP contribution in [-0.4, -0.2) is 69.4 Å². The van der Waals surface area contributed by atoms with Crippen molar-refractivity contribution < 1.29 is 37.3 Å². The third-order valence-electron chi connectivity index (χ3n) is 13.1. The van der Waals surface area contributed by atoms with E-state index in [1.807, 2.05) is 33.3 Å². The number of hydrogen-bond donors (Lipinski definition) is 1. The van der Waals surface area contributed by atoms with Crippen molar-refractivity contribution in [3.8, 4) is 0 Å². The quantitative estimate of drug-likeness (QED) is 0.0212. The highest BCUT2D eigenvalue weighted by atomic mass is 31.2. The van der Waals surface area contributed by atoms with E-state index in [0.29, 0.717) is 17.4 Å². The van der Waals surface area contributed by atoms with Crippen LogP contribution < -0.4 is 10.2 Å². The lowest BCUT2D eigenvalue weighted by atomic mass is 10.0. The number of quaternary nitrogens is 1. The van der Waals surface area contributed by atoms with Crippen LogP contribution in [0.3, 0.4) is 0 Å². The standard InChI is InChI=1S/C63H115N2O7P/c1-7-10-13-16-19-22-25-28-30-32-34-37-40-43-46-49-52-55-62(66)64-60(59-71-73(68,69)70-58-57-65(4,5)6)61(54-51-48-45-42-39-36-27-24-21-18-15-12-9-3)72-63(67)56-53-50-47-44-41-38-35-33-31-29-26-23-20-17-14-11-8-2/h19,22,28-31,34,37,43,46,51,54,60-61H,7-18,20-21,23-27,32-33,35-36,38-42,44-45,47-50,52-53,55-59H2,1-6H3,(H-,64,66,68,69)/b22-19-,30-28-,31-29+,37-34-,46-43-,54-51+. The van der Waals surface area contributed by atoms with Crippen LogP contribution in [0, 0.1) is 0 Å². The molecular weight excluding hydrogens is 928 g/mol. The van der Waals surface area contributed by atoms with E-state index >= 15 is 0 Å². The second-order valence-electron chi connectivity index (χ2n) is 21.5. The number of hydrogen-bond acceptors (Lipinski definition) is 7. The van der Waals surface area contributed by atoms with Gasteiger partial charge < -0.3 is 28.5 Å². The largest absolute Gasteiger partial charge is 0.756 e. The van der Waals surface area contributed by atoms with E-state index in [1.54, 1.807) is 0 Å². The Morgan fingerprint density at radius 2 is 0.849 bits per heavy atom. The molecule has 3 unspecified atom stereocenters. The zero-order valence-electron chi connectivity index (χ0n) is 48.3. The number of phosphoric ester groups is 1. The van der Waals surface area contributed by atoms with Gasteiger partial charge in [-0.05, 0) is 96.0 Å². The average Bonchev–Trinajstić information content (AvgIpc) is 3.35. The molecule has 10 heteroatoms. The molecule has 0 rings (SSSR count). The molecule has 1 amide bonds. The second-order valence-corrected chi connectivity index (χ2v) is 22.9. The average molecular weight is 1040 g/mol. The monoisotopic (exact) mass is 1040 g/mol. The molecule has 73 heavy (non-hydrogen) atoms. The molecule has 0 spiro atoms. The number of likely N-dealkylation sites (N-methyl/N-ethyl adjacent to an activating group) is 1. The number of amides is 1. The van der Waals surface area contributed by atoms with E-state index in [2.05, 4.69) is 86.8 Å². The molecule has 0 aliphatic rings. The number of rotatable bonds is 54. The maximum Gasteiger partial charge on any atom is 0.306 e. The Kier molecular flexibility index (Phi) is 51.0. The molecule has 0 saturated carbocycles. The topological polar surface area (TPSA) is 114 Å². The molecular formula is C63H115N2O7P. The molecule has 0 aromatic rings. The summed E-state index contributed by atoms with van der Waals surface area (Å²) in [6.07, 6.45) is 67.3. The molecule has 0 aliphatic carbocycles. The molecule has 9 nitrogen and oxygen atoms in total. The van der Waals surface area contributed by atoms with Crippen molar-refractivity contribution in [2.75, 3.05) is 40.9 Å². The predicted molar refractivity (Wildman–Crippen MR) is 312 cm³/mol. The Labute approximate surface area is 451 Å². The van der Waals surface area contributed by atoms with E-state index in [-0.39, 0.29) is 31.3 Å². The van der Waals surface area contributed by atoms with Gasteiger partial charge >= 0.3 is 5.97 Å². The summed E-state index contributed by atoms with van der Waals surface area (Å²) >= 11 is 0. The van der Waals surface area contributed by atoms with E-state index in [0.717, 1.165) is 77.0 Å². The Morgan fingerprint density at radius 3 is 1.32 bits per heavy atom. The van der Waals surface area contributed by atoms with Crippen LogP contribution in [0.15, 0.2) is 72.9 Å². The van der Waals surface area contributed by atoms with Crippen molar-refractivity contribution in [2.24, 2.45) is 0 Å². The first-order valence-electron chi connectivity index (χ1n) is 30.2. The van der Waals surface area contributed by atoms with Crippen molar-refractivity contribution in [2.45, 2.75) is 277 Å².